The number of nitrogens with one attached hydrogen (secondary N) is 1. The summed E-state index contributed by atoms with van der Waals surface area (Å²) in [5.74, 6) is -0.220. The van der Waals surface area contributed by atoms with Gasteiger partial charge in [0.25, 0.3) is 0 Å². The molecule has 156 valence electrons. The van der Waals surface area contributed by atoms with Gasteiger partial charge >= 0.3 is 0 Å². The molecule has 0 radical (unpaired) electrons. The van der Waals surface area contributed by atoms with Crippen molar-refractivity contribution in [2.24, 2.45) is 5.92 Å². The molecule has 1 aliphatic heterocycles. The van der Waals surface area contributed by atoms with Crippen molar-refractivity contribution < 1.29 is 13.2 Å². The number of carbonyl (C=O) groups is 1. The Morgan fingerprint density at radius 2 is 1.83 bits per heavy atom. The summed E-state index contributed by atoms with van der Waals surface area (Å²) in [5.41, 5.74) is 0.979. The Morgan fingerprint density at radius 1 is 1.17 bits per heavy atom. The third-order valence-electron chi connectivity index (χ3n) is 5.43. The molecule has 0 saturated carbocycles. The maximum atomic E-state index is 12.8. The second-order valence-corrected chi connectivity index (χ2v) is 10.2. The lowest BCUT2D eigenvalue weighted by Gasteiger charge is -2.32. The zero-order valence-electron chi connectivity index (χ0n) is 16.6. The second-order valence-electron chi connectivity index (χ2n) is 7.94. The highest BCUT2D eigenvalue weighted by Crippen LogP contribution is 2.27. The summed E-state index contributed by atoms with van der Waals surface area (Å²) in [6, 6.07) is 13.1. The predicted octanol–water partition coefficient (Wildman–Crippen LogP) is 3.23. The number of carbonyl (C=O) groups excluding carboxylic acids is 1. The van der Waals surface area contributed by atoms with Crippen LogP contribution in [0.5, 0.6) is 0 Å². The highest BCUT2D eigenvalue weighted by molar-refractivity contribution is 7.89. The number of benzene rings is 1. The van der Waals surface area contributed by atoms with Crippen molar-refractivity contribution in [2.45, 2.75) is 37.0 Å². The second kappa shape index (κ2) is 8.81. The molecule has 0 bridgehead atoms. The van der Waals surface area contributed by atoms with Crippen LogP contribution in [0.15, 0.2) is 53.6 Å². The smallest absolute Gasteiger partial charge is 0.246 e. The Labute approximate surface area is 177 Å². The average molecular weight is 436 g/mol. The molecule has 0 atom stereocenters. The zero-order chi connectivity index (χ0) is 21.1. The number of aromatic nitrogens is 1. The van der Waals surface area contributed by atoms with Crippen LogP contribution in [0.1, 0.15) is 32.3 Å². The van der Waals surface area contributed by atoms with Crippen molar-refractivity contribution in [3.8, 4) is 0 Å². The zero-order valence-corrected chi connectivity index (χ0v) is 18.2. The molecule has 0 unspecified atom stereocenters. The molecule has 1 N–H and O–H groups in total. The number of hydrogen-bond acceptors (Lipinski definition) is 4. The van der Waals surface area contributed by atoms with E-state index in [1.807, 2.05) is 18.2 Å². The van der Waals surface area contributed by atoms with Gasteiger partial charge in [0.05, 0.1) is 0 Å². The minimum absolute atomic E-state index is 0.00850. The maximum Gasteiger partial charge on any atom is 0.246 e. The maximum absolute atomic E-state index is 12.8. The van der Waals surface area contributed by atoms with Gasteiger partial charge in [0.1, 0.15) is 10.0 Å². The van der Waals surface area contributed by atoms with E-state index in [2.05, 4.69) is 36.3 Å². The van der Waals surface area contributed by atoms with Gasteiger partial charge in [-0.15, -0.1) is 0 Å². The van der Waals surface area contributed by atoms with Crippen molar-refractivity contribution in [3.05, 3.63) is 59.4 Å². The van der Waals surface area contributed by atoms with Crippen LogP contribution in [0.4, 0.5) is 0 Å². The molecule has 1 aliphatic rings. The molecule has 6 nitrogen and oxygen atoms in total. The van der Waals surface area contributed by atoms with Crippen molar-refractivity contribution in [1.29, 1.82) is 0 Å². The first-order valence-electron chi connectivity index (χ1n) is 9.66. The Bertz CT molecular complexity index is 956. The van der Waals surface area contributed by atoms with E-state index in [1.165, 1.54) is 16.6 Å². The normalized spacial score (nSPS) is 16.5. The van der Waals surface area contributed by atoms with Gasteiger partial charge in [0.15, 0.2) is 0 Å². The van der Waals surface area contributed by atoms with Crippen LogP contribution in [-0.2, 0) is 20.2 Å². The van der Waals surface area contributed by atoms with E-state index in [-0.39, 0.29) is 40.4 Å². The number of halogens is 1. The Morgan fingerprint density at radius 3 is 2.45 bits per heavy atom. The highest BCUT2D eigenvalue weighted by Gasteiger charge is 2.34. The molecule has 1 fully saturated rings. The first kappa shape index (κ1) is 21.7. The van der Waals surface area contributed by atoms with Gasteiger partial charge < -0.3 is 5.32 Å². The Kier molecular flexibility index (Phi) is 6.61. The monoisotopic (exact) mass is 435 g/mol. The molecule has 29 heavy (non-hydrogen) atoms. The van der Waals surface area contributed by atoms with E-state index < -0.39 is 10.0 Å². The molecule has 1 aromatic carbocycles. The number of sulfonamides is 1. The molecular formula is C21H26ClN3O3S. The summed E-state index contributed by atoms with van der Waals surface area (Å²) >= 11 is 5.96. The fourth-order valence-corrected chi connectivity index (χ4v) is 5.40. The van der Waals surface area contributed by atoms with E-state index in [4.69, 9.17) is 11.6 Å². The minimum Gasteiger partial charge on any atom is -0.355 e. The number of nitrogens with zero attached hydrogens (tertiary/aromatic N) is 2. The van der Waals surface area contributed by atoms with Crippen molar-refractivity contribution in [2.75, 3.05) is 19.6 Å². The summed E-state index contributed by atoms with van der Waals surface area (Å²) in [5, 5.41) is 3.02. The molecule has 2 aromatic rings. The van der Waals surface area contributed by atoms with Crippen LogP contribution in [-0.4, -0.2) is 43.2 Å². The number of amides is 1. The number of rotatable bonds is 6. The van der Waals surface area contributed by atoms with Crippen LogP contribution in [0.25, 0.3) is 0 Å². The Balaban J connectivity index is 1.57. The highest BCUT2D eigenvalue weighted by atomic mass is 35.5. The van der Waals surface area contributed by atoms with Crippen molar-refractivity contribution >= 4 is 27.5 Å². The van der Waals surface area contributed by atoms with E-state index in [0.29, 0.717) is 19.4 Å². The van der Waals surface area contributed by atoms with Gasteiger partial charge in [-0.1, -0.05) is 55.8 Å². The molecule has 0 spiro atoms. The predicted molar refractivity (Wildman–Crippen MR) is 113 cm³/mol. The summed E-state index contributed by atoms with van der Waals surface area (Å²) in [6.07, 6.45) is 2.41. The minimum atomic E-state index is -3.71. The third-order valence-corrected chi connectivity index (χ3v) is 7.77. The standard InChI is InChI=1S/C21H26ClN3O3S/c1-21(2,17-7-4-3-5-8-17)15-24-20(26)16-10-13-25(14-11-16)29(27,28)18-9-6-12-23-19(18)22/h3-9,12,16H,10-11,13-15H2,1-2H3,(H,24,26). The van der Waals surface area contributed by atoms with E-state index in [0.717, 1.165) is 5.56 Å². The lowest BCUT2D eigenvalue weighted by atomic mass is 9.84. The molecule has 1 aromatic heterocycles. The molecule has 1 saturated heterocycles. The summed E-state index contributed by atoms with van der Waals surface area (Å²) < 4.78 is 27.0. The molecule has 1 amide bonds. The van der Waals surface area contributed by atoms with Crippen LogP contribution >= 0.6 is 11.6 Å². The van der Waals surface area contributed by atoms with Gasteiger partial charge in [0.2, 0.25) is 15.9 Å². The van der Waals surface area contributed by atoms with Gasteiger partial charge in [-0.2, -0.15) is 4.31 Å². The quantitative estimate of drug-likeness (QED) is 0.706. The number of piperidine rings is 1. The van der Waals surface area contributed by atoms with Crippen molar-refractivity contribution in [1.82, 2.24) is 14.6 Å². The summed E-state index contributed by atoms with van der Waals surface area (Å²) in [6.45, 7) is 5.28. The van der Waals surface area contributed by atoms with Gasteiger partial charge in [-0.25, -0.2) is 13.4 Å². The lowest BCUT2D eigenvalue weighted by molar-refractivity contribution is -0.126. The van der Waals surface area contributed by atoms with E-state index in [9.17, 15) is 13.2 Å². The molecular weight excluding hydrogens is 410 g/mol. The largest absolute Gasteiger partial charge is 0.355 e. The molecule has 2 heterocycles. The number of hydrogen-bond donors (Lipinski definition) is 1. The Hall–Kier alpha value is -1.96. The first-order valence-corrected chi connectivity index (χ1v) is 11.5. The van der Waals surface area contributed by atoms with Crippen LogP contribution in [0, 0.1) is 5.92 Å². The van der Waals surface area contributed by atoms with E-state index >= 15 is 0 Å². The lowest BCUT2D eigenvalue weighted by Crippen LogP contribution is -2.45. The third kappa shape index (κ3) is 4.97. The first-order chi connectivity index (χ1) is 13.7. The molecule has 3 rings (SSSR count). The fraction of sp³-hybridized carbons (Fsp3) is 0.429. The van der Waals surface area contributed by atoms with Crippen LogP contribution in [0.2, 0.25) is 5.15 Å². The average Bonchev–Trinajstić information content (AvgIpc) is 2.73. The number of pyridine rings is 1. The van der Waals surface area contributed by atoms with Gasteiger partial charge in [-0.3, -0.25) is 4.79 Å². The SMILES string of the molecule is CC(C)(CNC(=O)C1CCN(S(=O)(=O)c2cccnc2Cl)CC1)c1ccccc1. The van der Waals surface area contributed by atoms with Crippen LogP contribution < -0.4 is 5.32 Å². The van der Waals surface area contributed by atoms with Crippen molar-refractivity contribution in [3.63, 3.8) is 0 Å². The van der Waals surface area contributed by atoms with E-state index in [1.54, 1.807) is 6.07 Å². The topological polar surface area (TPSA) is 79.4 Å². The van der Waals surface area contributed by atoms with Crippen LogP contribution in [0.3, 0.4) is 0 Å². The van der Waals surface area contributed by atoms with Gasteiger partial charge in [-0.05, 0) is 30.5 Å². The fourth-order valence-electron chi connectivity index (χ4n) is 3.50. The summed E-state index contributed by atoms with van der Waals surface area (Å²) in [7, 11) is -3.71. The molecule has 8 heteroatoms. The summed E-state index contributed by atoms with van der Waals surface area (Å²) in [4.78, 5) is 16.5. The molecule has 0 aliphatic carbocycles. The van der Waals surface area contributed by atoms with Gasteiger partial charge in [0, 0.05) is 37.2 Å².